The van der Waals surface area contributed by atoms with Gasteiger partial charge in [-0.25, -0.2) is 0 Å². The molecule has 3 N–H and O–H groups in total. The maximum atomic E-state index is 11.2. The Morgan fingerprint density at radius 2 is 2.36 bits per heavy atom. The zero-order chi connectivity index (χ0) is 10.6. The van der Waals surface area contributed by atoms with Gasteiger partial charge >= 0.3 is 0 Å². The number of amides is 1. The summed E-state index contributed by atoms with van der Waals surface area (Å²) in [5, 5.41) is 0. The average Bonchev–Trinajstić information content (AvgIpc) is 2.10. The van der Waals surface area contributed by atoms with Crippen molar-refractivity contribution < 1.29 is 4.79 Å². The highest BCUT2D eigenvalue weighted by atomic mass is 79.9. The predicted octanol–water partition coefficient (Wildman–Crippen LogP) is 1.03. The van der Waals surface area contributed by atoms with Gasteiger partial charge in [0.05, 0.1) is 0 Å². The summed E-state index contributed by atoms with van der Waals surface area (Å²) >= 11 is 3.22. The van der Waals surface area contributed by atoms with Gasteiger partial charge < -0.3 is 10.7 Å². The molecule has 14 heavy (non-hydrogen) atoms. The third-order valence-electron chi connectivity index (χ3n) is 1.51. The fourth-order valence-electron chi connectivity index (χ4n) is 0.899. The first-order valence-electron chi connectivity index (χ1n) is 3.92. The molecule has 0 aliphatic rings. The van der Waals surface area contributed by atoms with Crippen LogP contribution in [0.1, 0.15) is 12.0 Å². The van der Waals surface area contributed by atoms with E-state index >= 15 is 0 Å². The Morgan fingerprint density at radius 1 is 1.64 bits per heavy atom. The topological polar surface area (TPSA) is 76.0 Å². The molecule has 4 nitrogen and oxygen atoms in total. The second-order valence-electron chi connectivity index (χ2n) is 2.68. The van der Waals surface area contributed by atoms with Gasteiger partial charge in [-0.3, -0.25) is 9.59 Å². The summed E-state index contributed by atoms with van der Waals surface area (Å²) < 4.78 is 0.774. The van der Waals surface area contributed by atoms with Crippen LogP contribution in [0.3, 0.4) is 0 Å². The van der Waals surface area contributed by atoms with Gasteiger partial charge in [0.25, 0.3) is 5.56 Å². The van der Waals surface area contributed by atoms with Crippen molar-refractivity contribution in [2.75, 3.05) is 0 Å². The van der Waals surface area contributed by atoms with E-state index in [2.05, 4.69) is 20.9 Å². The van der Waals surface area contributed by atoms with Gasteiger partial charge in [0.1, 0.15) is 0 Å². The first kappa shape index (κ1) is 10.7. The fraction of sp³-hybridized carbons (Fsp3) is 0.111. The number of carbonyl (C=O) groups excluding carboxylic acids is 1. The fourth-order valence-corrected chi connectivity index (χ4v) is 1.26. The van der Waals surface area contributed by atoms with Crippen molar-refractivity contribution >= 4 is 27.9 Å². The number of aromatic nitrogens is 1. The molecule has 74 valence electrons. The summed E-state index contributed by atoms with van der Waals surface area (Å²) in [5.41, 5.74) is 5.23. The van der Waals surface area contributed by atoms with Gasteiger partial charge in [-0.1, -0.05) is 12.2 Å². The quantitative estimate of drug-likeness (QED) is 0.848. The van der Waals surface area contributed by atoms with Crippen LogP contribution >= 0.6 is 15.9 Å². The lowest BCUT2D eigenvalue weighted by Crippen LogP contribution is -2.09. The molecule has 5 heteroatoms. The van der Waals surface area contributed by atoms with E-state index in [1.54, 1.807) is 24.4 Å². The normalized spacial score (nSPS) is 10.6. The van der Waals surface area contributed by atoms with Crippen LogP contribution in [0.5, 0.6) is 0 Å². The Bertz CT molecular complexity index is 423. The molecule has 0 fully saturated rings. The molecular formula is C9H9BrN2O2. The first-order valence-corrected chi connectivity index (χ1v) is 4.72. The number of H-pyrrole nitrogens is 1. The van der Waals surface area contributed by atoms with Crippen LogP contribution in [0.25, 0.3) is 6.08 Å². The zero-order valence-corrected chi connectivity index (χ0v) is 8.87. The Kier molecular flexibility index (Phi) is 3.64. The molecule has 0 aliphatic heterocycles. The minimum Gasteiger partial charge on any atom is -0.369 e. The molecule has 1 amide bonds. The lowest BCUT2D eigenvalue weighted by Gasteiger charge is -1.93. The number of hydrogen-bond acceptors (Lipinski definition) is 2. The second kappa shape index (κ2) is 4.76. The summed E-state index contributed by atoms with van der Waals surface area (Å²) in [6.45, 7) is 0. The van der Waals surface area contributed by atoms with Crippen molar-refractivity contribution in [3.63, 3.8) is 0 Å². The van der Waals surface area contributed by atoms with E-state index in [4.69, 9.17) is 5.73 Å². The van der Waals surface area contributed by atoms with Gasteiger partial charge in [-0.05, 0) is 22.0 Å². The van der Waals surface area contributed by atoms with Crippen LogP contribution in [0.4, 0.5) is 0 Å². The number of aromatic amines is 1. The molecule has 1 aromatic heterocycles. The predicted molar refractivity (Wildman–Crippen MR) is 57.6 cm³/mol. The molecule has 0 aliphatic carbocycles. The van der Waals surface area contributed by atoms with Gasteiger partial charge in [-0.2, -0.15) is 0 Å². The minimum atomic E-state index is -0.423. The van der Waals surface area contributed by atoms with E-state index in [1.807, 2.05) is 0 Å². The van der Waals surface area contributed by atoms with Gasteiger partial charge in [0.2, 0.25) is 5.91 Å². The molecule has 0 spiro atoms. The van der Waals surface area contributed by atoms with Crippen molar-refractivity contribution in [1.82, 2.24) is 4.98 Å². The number of carbonyl (C=O) groups is 1. The summed E-state index contributed by atoms with van der Waals surface area (Å²) in [7, 11) is 0. The lowest BCUT2D eigenvalue weighted by molar-refractivity contribution is -0.117. The highest BCUT2D eigenvalue weighted by Gasteiger charge is 1.95. The van der Waals surface area contributed by atoms with E-state index in [0.717, 1.165) is 4.47 Å². The van der Waals surface area contributed by atoms with Crippen molar-refractivity contribution in [3.8, 4) is 0 Å². The van der Waals surface area contributed by atoms with Crippen LogP contribution in [0.2, 0.25) is 0 Å². The molecule has 0 aromatic carbocycles. The largest absolute Gasteiger partial charge is 0.369 e. The molecule has 0 saturated carbocycles. The van der Waals surface area contributed by atoms with Crippen LogP contribution in [0.15, 0.2) is 27.6 Å². The first-order chi connectivity index (χ1) is 6.59. The molecule has 0 saturated heterocycles. The Hall–Kier alpha value is -1.36. The van der Waals surface area contributed by atoms with Crippen LogP contribution < -0.4 is 11.3 Å². The Morgan fingerprint density at radius 3 is 3.00 bits per heavy atom. The van der Waals surface area contributed by atoms with E-state index in [9.17, 15) is 9.59 Å². The van der Waals surface area contributed by atoms with E-state index in [1.165, 1.54) is 0 Å². The third kappa shape index (κ3) is 3.18. The summed E-state index contributed by atoms with van der Waals surface area (Å²) in [6, 6.07) is 1.66. The summed E-state index contributed by atoms with van der Waals surface area (Å²) in [6.07, 6.45) is 4.80. The number of nitrogens with two attached hydrogens (primary N) is 1. The molecular weight excluding hydrogens is 248 g/mol. The van der Waals surface area contributed by atoms with E-state index in [0.29, 0.717) is 5.56 Å². The molecule has 0 unspecified atom stereocenters. The SMILES string of the molecule is NC(=O)CC=Cc1cc(Br)c[nH]c1=O. The molecule has 1 aromatic rings. The maximum Gasteiger partial charge on any atom is 0.255 e. The van der Waals surface area contributed by atoms with Crippen molar-refractivity contribution in [3.05, 3.63) is 38.7 Å². The molecule has 0 radical (unpaired) electrons. The van der Waals surface area contributed by atoms with Gasteiger partial charge in [0.15, 0.2) is 0 Å². The number of rotatable bonds is 3. The average molecular weight is 257 g/mol. The number of pyridine rings is 1. The van der Waals surface area contributed by atoms with Gasteiger partial charge in [-0.15, -0.1) is 0 Å². The minimum absolute atomic E-state index is 0.131. The van der Waals surface area contributed by atoms with Crippen molar-refractivity contribution in [2.24, 2.45) is 5.73 Å². The number of primary amides is 1. The number of nitrogens with one attached hydrogen (secondary N) is 1. The van der Waals surface area contributed by atoms with Crippen molar-refractivity contribution in [1.29, 1.82) is 0 Å². The van der Waals surface area contributed by atoms with Crippen LogP contribution in [0, 0.1) is 0 Å². The maximum absolute atomic E-state index is 11.2. The highest BCUT2D eigenvalue weighted by Crippen LogP contribution is 2.07. The molecule has 0 bridgehead atoms. The standard InChI is InChI=1S/C9H9BrN2O2/c10-7-4-6(9(14)12-5-7)2-1-3-8(11)13/h1-2,4-5H,3H2,(H2,11,13)(H,12,14). The van der Waals surface area contributed by atoms with Crippen molar-refractivity contribution in [2.45, 2.75) is 6.42 Å². The smallest absolute Gasteiger partial charge is 0.255 e. The van der Waals surface area contributed by atoms with E-state index < -0.39 is 5.91 Å². The Labute approximate surface area is 89.0 Å². The van der Waals surface area contributed by atoms with E-state index in [-0.39, 0.29) is 12.0 Å². The summed E-state index contributed by atoms with van der Waals surface area (Å²) in [4.78, 5) is 24.2. The number of halogens is 1. The zero-order valence-electron chi connectivity index (χ0n) is 7.29. The number of hydrogen-bond donors (Lipinski definition) is 2. The third-order valence-corrected chi connectivity index (χ3v) is 1.97. The lowest BCUT2D eigenvalue weighted by atomic mass is 10.2. The van der Waals surface area contributed by atoms with Crippen LogP contribution in [-0.2, 0) is 4.79 Å². The highest BCUT2D eigenvalue weighted by molar-refractivity contribution is 9.10. The van der Waals surface area contributed by atoms with Crippen LogP contribution in [-0.4, -0.2) is 10.9 Å². The molecule has 1 rings (SSSR count). The molecule has 0 atom stereocenters. The van der Waals surface area contributed by atoms with Gasteiger partial charge in [0, 0.05) is 22.7 Å². The summed E-state index contributed by atoms with van der Waals surface area (Å²) in [5.74, 6) is -0.423. The monoisotopic (exact) mass is 256 g/mol. The molecule has 1 heterocycles. The second-order valence-corrected chi connectivity index (χ2v) is 3.59. The Balaban J connectivity index is 2.86.